The van der Waals surface area contributed by atoms with E-state index in [4.69, 9.17) is 5.26 Å². The van der Waals surface area contributed by atoms with Crippen molar-refractivity contribution in [1.29, 1.82) is 5.26 Å². The summed E-state index contributed by atoms with van der Waals surface area (Å²) in [4.78, 5) is 2.25. The molecule has 0 radical (unpaired) electrons. The van der Waals surface area contributed by atoms with Gasteiger partial charge < -0.3 is 5.11 Å². The predicted molar refractivity (Wildman–Crippen MR) is 51.1 cm³/mol. The van der Waals surface area contributed by atoms with Crippen LogP contribution in [-0.2, 0) is 0 Å². The quantitative estimate of drug-likeness (QED) is 0.708. The van der Waals surface area contributed by atoms with Gasteiger partial charge in [-0.2, -0.15) is 5.26 Å². The van der Waals surface area contributed by atoms with Gasteiger partial charge in [0.25, 0.3) is 0 Å². The molecule has 1 N–H and O–H groups in total. The molecule has 1 heterocycles. The van der Waals surface area contributed by atoms with Crippen LogP contribution in [0, 0.1) is 17.2 Å². The zero-order valence-corrected chi connectivity index (χ0v) is 8.24. The number of piperidine rings is 1. The normalized spacial score (nSPS) is 29.9. The minimum atomic E-state index is 0.229. The highest BCUT2D eigenvalue weighted by atomic mass is 16.3. The maximum absolute atomic E-state index is 9.21. The number of rotatable bonds is 3. The van der Waals surface area contributed by atoms with Crippen molar-refractivity contribution in [3.63, 3.8) is 0 Å². The van der Waals surface area contributed by atoms with E-state index in [2.05, 4.69) is 17.9 Å². The first-order valence-electron chi connectivity index (χ1n) is 5.01. The van der Waals surface area contributed by atoms with Crippen molar-refractivity contribution in [2.24, 2.45) is 5.92 Å². The standard InChI is InChI=1S/C10H18N2O/c1-9-4-2-6-12(7-3-5-11)10(9)8-13/h9-10,13H,2-4,6-8H2,1H3/t9-,10-/m0/s1. The number of hydrogen-bond donors (Lipinski definition) is 1. The van der Waals surface area contributed by atoms with Crippen LogP contribution in [0.5, 0.6) is 0 Å². The lowest BCUT2D eigenvalue weighted by molar-refractivity contribution is 0.0547. The summed E-state index contributed by atoms with van der Waals surface area (Å²) in [6, 6.07) is 2.43. The number of hydrogen-bond acceptors (Lipinski definition) is 3. The highest BCUT2D eigenvalue weighted by Gasteiger charge is 2.26. The molecule has 0 aliphatic carbocycles. The Morgan fingerprint density at radius 1 is 1.62 bits per heavy atom. The van der Waals surface area contributed by atoms with Crippen LogP contribution in [0.15, 0.2) is 0 Å². The fourth-order valence-corrected chi connectivity index (χ4v) is 2.10. The molecule has 1 rings (SSSR count). The molecule has 2 atom stereocenters. The Morgan fingerprint density at radius 2 is 2.38 bits per heavy atom. The van der Waals surface area contributed by atoms with Crippen LogP contribution < -0.4 is 0 Å². The first kappa shape index (κ1) is 10.5. The molecule has 1 aliphatic rings. The smallest absolute Gasteiger partial charge is 0.0635 e. The minimum Gasteiger partial charge on any atom is -0.395 e. The van der Waals surface area contributed by atoms with Crippen LogP contribution in [0.1, 0.15) is 26.2 Å². The molecule has 13 heavy (non-hydrogen) atoms. The van der Waals surface area contributed by atoms with Crippen molar-refractivity contribution in [3.8, 4) is 6.07 Å². The lowest BCUT2D eigenvalue weighted by Gasteiger charge is -2.38. The fraction of sp³-hybridized carbons (Fsp3) is 0.900. The van der Waals surface area contributed by atoms with E-state index in [1.165, 1.54) is 12.8 Å². The molecule has 0 amide bonds. The average Bonchev–Trinajstić information content (AvgIpc) is 2.15. The van der Waals surface area contributed by atoms with Crippen molar-refractivity contribution >= 4 is 0 Å². The summed E-state index contributed by atoms with van der Waals surface area (Å²) in [6.45, 7) is 4.26. The molecule has 3 nitrogen and oxygen atoms in total. The predicted octanol–water partition coefficient (Wildman–Crippen LogP) is 0.993. The van der Waals surface area contributed by atoms with Crippen LogP contribution in [0.25, 0.3) is 0 Å². The third-order valence-electron chi connectivity index (χ3n) is 2.93. The molecule has 74 valence electrons. The number of aliphatic hydroxyl groups is 1. The Morgan fingerprint density at radius 3 is 3.00 bits per heavy atom. The monoisotopic (exact) mass is 182 g/mol. The van der Waals surface area contributed by atoms with E-state index < -0.39 is 0 Å². The highest BCUT2D eigenvalue weighted by molar-refractivity contribution is 4.83. The van der Waals surface area contributed by atoms with Gasteiger partial charge in [-0.25, -0.2) is 0 Å². The third kappa shape index (κ3) is 2.68. The average molecular weight is 182 g/mol. The van der Waals surface area contributed by atoms with E-state index in [1.54, 1.807) is 0 Å². The van der Waals surface area contributed by atoms with Gasteiger partial charge in [0.15, 0.2) is 0 Å². The molecule has 0 aromatic heterocycles. The van der Waals surface area contributed by atoms with Gasteiger partial charge in [0.1, 0.15) is 0 Å². The van der Waals surface area contributed by atoms with E-state index in [9.17, 15) is 5.11 Å². The van der Waals surface area contributed by atoms with Gasteiger partial charge >= 0.3 is 0 Å². The van der Waals surface area contributed by atoms with Crippen LogP contribution in [0.2, 0.25) is 0 Å². The minimum absolute atomic E-state index is 0.229. The van der Waals surface area contributed by atoms with Crippen molar-refractivity contribution in [1.82, 2.24) is 4.90 Å². The largest absolute Gasteiger partial charge is 0.395 e. The van der Waals surface area contributed by atoms with E-state index in [-0.39, 0.29) is 12.6 Å². The maximum atomic E-state index is 9.21. The Bertz CT molecular complexity index is 188. The summed E-state index contributed by atoms with van der Waals surface area (Å²) >= 11 is 0. The molecular formula is C10H18N2O. The van der Waals surface area contributed by atoms with Gasteiger partial charge in [0, 0.05) is 19.0 Å². The van der Waals surface area contributed by atoms with Gasteiger partial charge in [-0.1, -0.05) is 6.92 Å². The van der Waals surface area contributed by atoms with Crippen molar-refractivity contribution in [2.75, 3.05) is 19.7 Å². The Hall–Kier alpha value is -0.590. The molecular weight excluding hydrogens is 164 g/mol. The lowest BCUT2D eigenvalue weighted by atomic mass is 9.91. The summed E-state index contributed by atoms with van der Waals surface area (Å²) in [5.74, 6) is 0.567. The van der Waals surface area contributed by atoms with Crippen LogP contribution in [0.4, 0.5) is 0 Å². The van der Waals surface area contributed by atoms with Gasteiger partial charge in [-0.05, 0) is 25.3 Å². The van der Waals surface area contributed by atoms with Crippen molar-refractivity contribution in [3.05, 3.63) is 0 Å². The topological polar surface area (TPSA) is 47.3 Å². The first-order valence-corrected chi connectivity index (χ1v) is 5.01. The Balaban J connectivity index is 2.45. The van der Waals surface area contributed by atoms with Gasteiger partial charge in [-0.15, -0.1) is 0 Å². The fourth-order valence-electron chi connectivity index (χ4n) is 2.10. The molecule has 0 saturated carbocycles. The molecule has 0 bridgehead atoms. The second-order valence-electron chi connectivity index (χ2n) is 3.81. The summed E-state index contributed by atoms with van der Waals surface area (Å²) in [5.41, 5.74) is 0. The van der Waals surface area contributed by atoms with E-state index in [1.807, 2.05) is 0 Å². The molecule has 1 fully saturated rings. The Kier molecular flexibility index (Phi) is 4.20. The number of likely N-dealkylation sites (tertiary alicyclic amines) is 1. The Labute approximate surface area is 80.0 Å². The summed E-state index contributed by atoms with van der Waals surface area (Å²) < 4.78 is 0. The maximum Gasteiger partial charge on any atom is 0.0635 e. The number of aliphatic hydroxyl groups excluding tert-OH is 1. The van der Waals surface area contributed by atoms with Crippen LogP contribution in [-0.4, -0.2) is 35.7 Å². The second-order valence-corrected chi connectivity index (χ2v) is 3.81. The zero-order valence-electron chi connectivity index (χ0n) is 8.24. The van der Waals surface area contributed by atoms with E-state index in [0.717, 1.165) is 13.1 Å². The van der Waals surface area contributed by atoms with Gasteiger partial charge in [-0.3, -0.25) is 4.90 Å². The molecule has 0 spiro atoms. The van der Waals surface area contributed by atoms with Gasteiger partial charge in [0.05, 0.1) is 12.7 Å². The number of nitriles is 1. The molecule has 0 aromatic carbocycles. The highest BCUT2D eigenvalue weighted by Crippen LogP contribution is 2.22. The molecule has 0 unspecified atom stereocenters. The van der Waals surface area contributed by atoms with E-state index in [0.29, 0.717) is 12.3 Å². The first-order chi connectivity index (χ1) is 6.29. The van der Waals surface area contributed by atoms with Gasteiger partial charge in [0.2, 0.25) is 0 Å². The second kappa shape index (κ2) is 5.21. The van der Waals surface area contributed by atoms with Crippen molar-refractivity contribution in [2.45, 2.75) is 32.2 Å². The SMILES string of the molecule is C[C@H]1CCCN(CCC#N)[C@H]1CO. The zero-order chi connectivity index (χ0) is 9.68. The number of nitrogens with zero attached hydrogens (tertiary/aromatic N) is 2. The molecule has 1 aliphatic heterocycles. The molecule has 1 saturated heterocycles. The summed E-state index contributed by atoms with van der Waals surface area (Å²) in [6.07, 6.45) is 2.97. The van der Waals surface area contributed by atoms with Crippen LogP contribution in [0.3, 0.4) is 0 Å². The summed E-state index contributed by atoms with van der Waals surface area (Å²) in [5, 5.41) is 17.7. The van der Waals surface area contributed by atoms with Crippen molar-refractivity contribution < 1.29 is 5.11 Å². The summed E-state index contributed by atoms with van der Waals surface area (Å²) in [7, 11) is 0. The van der Waals surface area contributed by atoms with Crippen LogP contribution >= 0.6 is 0 Å². The molecule has 0 aromatic rings. The van der Waals surface area contributed by atoms with E-state index >= 15 is 0 Å². The third-order valence-corrected chi connectivity index (χ3v) is 2.93. The molecule has 3 heteroatoms. The lowest BCUT2D eigenvalue weighted by Crippen LogP contribution is -2.46.